The molecule has 23 heavy (non-hydrogen) atoms. The van der Waals surface area contributed by atoms with Gasteiger partial charge < -0.3 is 15.1 Å². The third-order valence-electron chi connectivity index (χ3n) is 3.75. The quantitative estimate of drug-likeness (QED) is 0.886. The second-order valence-electron chi connectivity index (χ2n) is 5.54. The van der Waals surface area contributed by atoms with Crippen molar-refractivity contribution in [2.75, 3.05) is 43.4 Å². The van der Waals surface area contributed by atoms with Crippen LogP contribution in [0.3, 0.4) is 0 Å². The topological polar surface area (TPSA) is 74.2 Å². The highest BCUT2D eigenvalue weighted by Gasteiger charge is 2.22. The summed E-state index contributed by atoms with van der Waals surface area (Å²) in [5, 5.41) is 4.41. The van der Waals surface area contributed by atoms with Gasteiger partial charge in [0, 0.05) is 50.2 Å². The van der Waals surface area contributed by atoms with Crippen molar-refractivity contribution in [2.24, 2.45) is 0 Å². The molecule has 2 aromatic heterocycles. The van der Waals surface area contributed by atoms with Crippen LogP contribution in [0.15, 0.2) is 18.6 Å². The van der Waals surface area contributed by atoms with E-state index in [1.54, 1.807) is 16.2 Å². The van der Waals surface area contributed by atoms with E-state index in [0.717, 1.165) is 42.7 Å². The first-order valence-corrected chi connectivity index (χ1v) is 8.39. The summed E-state index contributed by atoms with van der Waals surface area (Å²) in [5.74, 6) is 1.67. The minimum Gasteiger partial charge on any atom is -0.369 e. The summed E-state index contributed by atoms with van der Waals surface area (Å²) >= 11 is 1.71. The maximum Gasteiger partial charge on any atom is 0.241 e. The SMILES string of the molecule is Cc1cnc(CCNc2cc(N3CCN(C)C(=O)C3)ncn2)s1. The molecule has 0 aromatic carbocycles. The van der Waals surface area contributed by atoms with E-state index >= 15 is 0 Å². The van der Waals surface area contributed by atoms with Crippen LogP contribution in [-0.4, -0.2) is 59.0 Å². The first-order chi connectivity index (χ1) is 11.1. The molecule has 7 nitrogen and oxygen atoms in total. The Morgan fingerprint density at radius 1 is 1.30 bits per heavy atom. The third kappa shape index (κ3) is 3.95. The van der Waals surface area contributed by atoms with E-state index in [4.69, 9.17) is 0 Å². The Bertz CT molecular complexity index is 688. The molecule has 0 atom stereocenters. The number of amides is 1. The Labute approximate surface area is 139 Å². The van der Waals surface area contributed by atoms with Crippen molar-refractivity contribution >= 4 is 28.9 Å². The van der Waals surface area contributed by atoms with Crippen molar-refractivity contribution in [1.29, 1.82) is 0 Å². The predicted octanol–water partition coefficient (Wildman–Crippen LogP) is 1.17. The van der Waals surface area contributed by atoms with Gasteiger partial charge in [0.2, 0.25) is 5.91 Å². The van der Waals surface area contributed by atoms with Crippen molar-refractivity contribution in [1.82, 2.24) is 19.9 Å². The number of nitrogens with zero attached hydrogens (tertiary/aromatic N) is 5. The Morgan fingerprint density at radius 2 is 2.17 bits per heavy atom. The zero-order valence-electron chi connectivity index (χ0n) is 13.3. The maximum atomic E-state index is 11.8. The molecule has 0 saturated carbocycles. The van der Waals surface area contributed by atoms with Gasteiger partial charge in [-0.2, -0.15) is 0 Å². The van der Waals surface area contributed by atoms with E-state index in [1.807, 2.05) is 24.2 Å². The summed E-state index contributed by atoms with van der Waals surface area (Å²) in [4.78, 5) is 29.6. The number of likely N-dealkylation sites (N-methyl/N-ethyl adjacent to an activating group) is 1. The zero-order chi connectivity index (χ0) is 16.2. The Morgan fingerprint density at radius 3 is 2.91 bits per heavy atom. The van der Waals surface area contributed by atoms with Crippen molar-refractivity contribution in [3.8, 4) is 0 Å². The summed E-state index contributed by atoms with van der Waals surface area (Å²) in [6.45, 7) is 4.70. The fourth-order valence-electron chi connectivity index (χ4n) is 2.39. The highest BCUT2D eigenvalue weighted by molar-refractivity contribution is 7.11. The highest BCUT2D eigenvalue weighted by Crippen LogP contribution is 2.17. The number of hydrogen-bond donors (Lipinski definition) is 1. The van der Waals surface area contributed by atoms with Crippen molar-refractivity contribution in [3.05, 3.63) is 28.5 Å². The van der Waals surface area contributed by atoms with Gasteiger partial charge in [-0.3, -0.25) is 4.79 Å². The molecule has 1 fully saturated rings. The number of piperazine rings is 1. The number of aryl methyl sites for hydroxylation is 1. The van der Waals surface area contributed by atoms with Crippen LogP contribution in [0.25, 0.3) is 0 Å². The van der Waals surface area contributed by atoms with Gasteiger partial charge >= 0.3 is 0 Å². The van der Waals surface area contributed by atoms with Crippen LogP contribution in [0.1, 0.15) is 9.88 Å². The van der Waals surface area contributed by atoms with Gasteiger partial charge in [-0.25, -0.2) is 15.0 Å². The van der Waals surface area contributed by atoms with E-state index in [2.05, 4.69) is 27.2 Å². The molecule has 0 spiro atoms. The number of nitrogens with one attached hydrogen (secondary N) is 1. The highest BCUT2D eigenvalue weighted by atomic mass is 32.1. The molecule has 0 radical (unpaired) electrons. The first-order valence-electron chi connectivity index (χ1n) is 7.58. The number of aromatic nitrogens is 3. The second-order valence-corrected chi connectivity index (χ2v) is 6.86. The van der Waals surface area contributed by atoms with Gasteiger partial charge in [-0.15, -0.1) is 11.3 Å². The van der Waals surface area contributed by atoms with E-state index in [1.165, 1.54) is 11.2 Å². The van der Waals surface area contributed by atoms with Crippen LogP contribution in [0, 0.1) is 6.92 Å². The van der Waals surface area contributed by atoms with Crippen LogP contribution in [0.5, 0.6) is 0 Å². The molecular weight excluding hydrogens is 312 g/mol. The Kier molecular flexibility index (Phi) is 4.71. The lowest BCUT2D eigenvalue weighted by Crippen LogP contribution is -2.48. The normalized spacial score (nSPS) is 15.1. The lowest BCUT2D eigenvalue weighted by atomic mass is 10.3. The number of anilines is 2. The van der Waals surface area contributed by atoms with Gasteiger partial charge in [0.1, 0.15) is 18.0 Å². The second kappa shape index (κ2) is 6.91. The van der Waals surface area contributed by atoms with Crippen LogP contribution in [0.4, 0.5) is 11.6 Å². The van der Waals surface area contributed by atoms with Crippen molar-refractivity contribution in [2.45, 2.75) is 13.3 Å². The van der Waals surface area contributed by atoms with Crippen LogP contribution < -0.4 is 10.2 Å². The van der Waals surface area contributed by atoms with E-state index in [9.17, 15) is 4.79 Å². The maximum absolute atomic E-state index is 11.8. The molecular formula is C15H20N6OS. The standard InChI is InChI=1S/C15H20N6OS/c1-11-8-17-14(23-11)3-4-16-12-7-13(19-10-18-12)21-6-5-20(2)15(22)9-21/h7-8,10H,3-6,9H2,1-2H3,(H,16,18,19). The number of carbonyl (C=O) groups excluding carboxylic acids is 1. The first kappa shape index (κ1) is 15.7. The average molecular weight is 332 g/mol. The third-order valence-corrected chi connectivity index (χ3v) is 4.72. The van der Waals surface area contributed by atoms with Gasteiger partial charge in [-0.1, -0.05) is 0 Å². The molecule has 3 heterocycles. The number of hydrogen-bond acceptors (Lipinski definition) is 7. The number of rotatable bonds is 5. The van der Waals surface area contributed by atoms with E-state index < -0.39 is 0 Å². The molecule has 122 valence electrons. The van der Waals surface area contributed by atoms with E-state index in [-0.39, 0.29) is 5.91 Å². The summed E-state index contributed by atoms with van der Waals surface area (Å²) < 4.78 is 0. The molecule has 1 saturated heterocycles. The molecule has 0 unspecified atom stereocenters. The summed E-state index contributed by atoms with van der Waals surface area (Å²) in [6, 6.07) is 1.89. The molecule has 8 heteroatoms. The summed E-state index contributed by atoms with van der Waals surface area (Å²) in [7, 11) is 1.83. The molecule has 0 aliphatic carbocycles. The molecule has 1 aliphatic rings. The van der Waals surface area contributed by atoms with Crippen LogP contribution >= 0.6 is 11.3 Å². The molecule has 2 aromatic rings. The van der Waals surface area contributed by atoms with E-state index in [0.29, 0.717) is 6.54 Å². The fourth-order valence-corrected chi connectivity index (χ4v) is 3.17. The fraction of sp³-hybridized carbons (Fsp3) is 0.467. The average Bonchev–Trinajstić information content (AvgIpc) is 2.96. The monoisotopic (exact) mass is 332 g/mol. The van der Waals surface area contributed by atoms with Crippen LogP contribution in [-0.2, 0) is 11.2 Å². The largest absolute Gasteiger partial charge is 0.369 e. The summed E-state index contributed by atoms with van der Waals surface area (Å²) in [5.41, 5.74) is 0. The Hall–Kier alpha value is -2.22. The van der Waals surface area contributed by atoms with Gasteiger partial charge in [-0.05, 0) is 6.92 Å². The zero-order valence-corrected chi connectivity index (χ0v) is 14.1. The predicted molar refractivity (Wildman–Crippen MR) is 90.9 cm³/mol. The lowest BCUT2D eigenvalue weighted by molar-refractivity contribution is -0.129. The minimum atomic E-state index is 0.114. The number of carbonyl (C=O) groups is 1. The Balaban J connectivity index is 1.58. The molecule has 1 amide bonds. The smallest absolute Gasteiger partial charge is 0.241 e. The molecule has 3 rings (SSSR count). The van der Waals surface area contributed by atoms with Crippen molar-refractivity contribution < 1.29 is 4.79 Å². The molecule has 1 N–H and O–H groups in total. The van der Waals surface area contributed by atoms with Gasteiger partial charge in [0.15, 0.2) is 0 Å². The summed E-state index contributed by atoms with van der Waals surface area (Å²) in [6.07, 6.45) is 4.30. The molecule has 0 bridgehead atoms. The number of thiazole rings is 1. The minimum absolute atomic E-state index is 0.114. The van der Waals surface area contributed by atoms with Gasteiger partial charge in [0.05, 0.1) is 11.6 Å². The van der Waals surface area contributed by atoms with Gasteiger partial charge in [0.25, 0.3) is 0 Å². The van der Waals surface area contributed by atoms with Crippen molar-refractivity contribution in [3.63, 3.8) is 0 Å². The lowest BCUT2D eigenvalue weighted by Gasteiger charge is -2.32. The molecule has 1 aliphatic heterocycles. The van der Waals surface area contributed by atoms with Crippen LogP contribution in [0.2, 0.25) is 0 Å².